The first-order chi connectivity index (χ1) is 14.7. The second-order valence-electron chi connectivity index (χ2n) is 7.84. The maximum absolute atomic E-state index is 13.0. The van der Waals surface area contributed by atoms with Crippen molar-refractivity contribution in [3.05, 3.63) is 47.8 Å². The molecule has 0 aromatic carbocycles. The lowest BCUT2D eigenvalue weighted by molar-refractivity contribution is -0.131. The average Bonchev–Trinajstić information content (AvgIpc) is 3.47. The van der Waals surface area contributed by atoms with Gasteiger partial charge in [0.05, 0.1) is 36.0 Å². The quantitative estimate of drug-likeness (QED) is 0.472. The number of likely N-dealkylation sites (N-methyl/N-ethyl adjacent to an activating group) is 1. The van der Waals surface area contributed by atoms with Crippen molar-refractivity contribution in [3.8, 4) is 22.5 Å². The number of hydrogen-bond donors (Lipinski definition) is 0. The largest absolute Gasteiger partial charge is 0.338 e. The van der Waals surface area contributed by atoms with E-state index in [9.17, 15) is 4.79 Å². The van der Waals surface area contributed by atoms with Crippen molar-refractivity contribution in [2.75, 3.05) is 7.05 Å². The zero-order valence-corrected chi connectivity index (χ0v) is 18.7. The highest BCUT2D eigenvalue weighted by atomic mass is 16.2. The molecule has 0 aliphatic heterocycles. The van der Waals surface area contributed by atoms with E-state index in [4.69, 9.17) is 5.10 Å². The Kier molecular flexibility index (Phi) is 5.22. The van der Waals surface area contributed by atoms with E-state index in [1.807, 2.05) is 68.9 Å². The van der Waals surface area contributed by atoms with Gasteiger partial charge >= 0.3 is 0 Å². The molecule has 0 atom stereocenters. The Morgan fingerprint density at radius 1 is 1.00 bits per heavy atom. The predicted molar refractivity (Wildman–Crippen MR) is 116 cm³/mol. The van der Waals surface area contributed by atoms with E-state index in [2.05, 4.69) is 15.3 Å². The van der Waals surface area contributed by atoms with Crippen molar-refractivity contribution >= 4 is 5.91 Å². The molecule has 10 nitrogen and oxygen atoms in total. The number of nitrogens with zero attached hydrogens (tertiary/aromatic N) is 9. The zero-order valence-electron chi connectivity index (χ0n) is 18.7. The molecule has 0 unspecified atom stereocenters. The summed E-state index contributed by atoms with van der Waals surface area (Å²) in [4.78, 5) is 14.7. The summed E-state index contributed by atoms with van der Waals surface area (Å²) >= 11 is 0. The topological polar surface area (TPSA) is 91.6 Å². The van der Waals surface area contributed by atoms with E-state index in [1.165, 1.54) is 0 Å². The Bertz CT molecular complexity index is 1240. The highest BCUT2D eigenvalue weighted by Gasteiger charge is 2.21. The molecule has 4 rings (SSSR count). The first-order valence-corrected chi connectivity index (χ1v) is 10.0. The number of rotatable bonds is 6. The van der Waals surface area contributed by atoms with Crippen LogP contribution in [0.3, 0.4) is 0 Å². The standard InChI is InChI=1S/C21H27N9O/c1-14-17(10-22-28(14)5)19-9-20(18-11-23-29(6)15(18)2)30(25-19)13-21(31)26(3)12-16-7-8-27(4)24-16/h7-11H,12-13H2,1-6H3. The highest BCUT2D eigenvalue weighted by Crippen LogP contribution is 2.29. The van der Waals surface area contributed by atoms with Crippen molar-refractivity contribution in [2.24, 2.45) is 21.1 Å². The van der Waals surface area contributed by atoms with Crippen molar-refractivity contribution in [1.29, 1.82) is 0 Å². The van der Waals surface area contributed by atoms with Crippen LogP contribution >= 0.6 is 0 Å². The zero-order chi connectivity index (χ0) is 22.3. The Balaban J connectivity index is 1.67. The van der Waals surface area contributed by atoms with Crippen LogP contribution in [-0.4, -0.2) is 57.0 Å². The van der Waals surface area contributed by atoms with E-state index in [-0.39, 0.29) is 12.5 Å². The summed E-state index contributed by atoms with van der Waals surface area (Å²) in [6, 6.07) is 3.91. The van der Waals surface area contributed by atoms with Gasteiger partial charge in [-0.1, -0.05) is 0 Å². The van der Waals surface area contributed by atoms with Crippen LogP contribution in [0.25, 0.3) is 22.5 Å². The molecule has 0 radical (unpaired) electrons. The van der Waals surface area contributed by atoms with Gasteiger partial charge in [0.1, 0.15) is 6.54 Å². The number of carbonyl (C=O) groups is 1. The fourth-order valence-electron chi connectivity index (χ4n) is 3.51. The molecule has 0 aliphatic rings. The second-order valence-corrected chi connectivity index (χ2v) is 7.84. The molecule has 0 aliphatic carbocycles. The van der Waals surface area contributed by atoms with Gasteiger partial charge in [0.2, 0.25) is 5.91 Å². The molecule has 10 heteroatoms. The Hall–Kier alpha value is -3.69. The lowest BCUT2D eigenvalue weighted by Crippen LogP contribution is -2.30. The van der Waals surface area contributed by atoms with Gasteiger partial charge in [-0.05, 0) is 26.0 Å². The third-order valence-corrected chi connectivity index (χ3v) is 5.68. The fraction of sp³-hybridized carbons (Fsp3) is 0.381. The highest BCUT2D eigenvalue weighted by molar-refractivity contribution is 5.78. The molecule has 0 N–H and O–H groups in total. The lowest BCUT2D eigenvalue weighted by atomic mass is 10.1. The van der Waals surface area contributed by atoms with E-state index in [0.29, 0.717) is 6.54 Å². The van der Waals surface area contributed by atoms with Crippen LogP contribution in [0.2, 0.25) is 0 Å². The molecule has 0 spiro atoms. The number of carbonyl (C=O) groups excluding carboxylic acids is 1. The Morgan fingerprint density at radius 2 is 1.65 bits per heavy atom. The van der Waals surface area contributed by atoms with Crippen molar-refractivity contribution in [2.45, 2.75) is 26.9 Å². The summed E-state index contributed by atoms with van der Waals surface area (Å²) in [5, 5.41) is 17.8. The molecule has 31 heavy (non-hydrogen) atoms. The summed E-state index contributed by atoms with van der Waals surface area (Å²) in [5.41, 5.74) is 6.38. The number of aromatic nitrogens is 8. The third kappa shape index (κ3) is 3.88. The summed E-state index contributed by atoms with van der Waals surface area (Å²) in [6.07, 6.45) is 5.48. The van der Waals surface area contributed by atoms with Gasteiger partial charge in [-0.25, -0.2) is 0 Å². The van der Waals surface area contributed by atoms with Gasteiger partial charge in [-0.2, -0.15) is 20.4 Å². The Morgan fingerprint density at radius 3 is 2.19 bits per heavy atom. The van der Waals surface area contributed by atoms with E-state index in [1.54, 1.807) is 27.5 Å². The van der Waals surface area contributed by atoms with Crippen LogP contribution in [0, 0.1) is 13.8 Å². The fourth-order valence-corrected chi connectivity index (χ4v) is 3.51. The number of hydrogen-bond acceptors (Lipinski definition) is 5. The van der Waals surface area contributed by atoms with E-state index >= 15 is 0 Å². The van der Waals surface area contributed by atoms with Crippen molar-refractivity contribution in [1.82, 2.24) is 44.0 Å². The molecule has 4 aromatic heterocycles. The predicted octanol–water partition coefficient (Wildman–Crippen LogP) is 1.69. The van der Waals surface area contributed by atoms with Crippen LogP contribution in [0.1, 0.15) is 17.1 Å². The molecule has 162 valence electrons. The van der Waals surface area contributed by atoms with Gasteiger partial charge in [0.15, 0.2) is 0 Å². The van der Waals surface area contributed by atoms with Gasteiger partial charge < -0.3 is 4.90 Å². The molecule has 1 amide bonds. The molecule has 4 aromatic rings. The molecular formula is C21H27N9O. The van der Waals surface area contributed by atoms with Gasteiger partial charge in [0.25, 0.3) is 0 Å². The summed E-state index contributed by atoms with van der Waals surface area (Å²) in [5.74, 6) is -0.0500. The SMILES string of the molecule is Cc1c(-c2cc(-c3cnn(C)c3C)n(CC(=O)N(C)Cc3ccn(C)n3)n2)cnn1C. The Labute approximate surface area is 180 Å². The summed E-state index contributed by atoms with van der Waals surface area (Å²) in [6.45, 7) is 4.56. The number of aryl methyl sites for hydroxylation is 3. The molecule has 0 saturated carbocycles. The maximum atomic E-state index is 13.0. The second kappa shape index (κ2) is 7.86. The van der Waals surface area contributed by atoms with Gasteiger partial charge in [-0.3, -0.25) is 23.5 Å². The average molecular weight is 422 g/mol. The van der Waals surface area contributed by atoms with Gasteiger partial charge in [0, 0.05) is 56.9 Å². The molecular weight excluding hydrogens is 394 g/mol. The van der Waals surface area contributed by atoms with E-state index < -0.39 is 0 Å². The van der Waals surface area contributed by atoms with Crippen LogP contribution in [0.15, 0.2) is 30.7 Å². The molecule has 4 heterocycles. The lowest BCUT2D eigenvalue weighted by Gasteiger charge is -2.16. The van der Waals surface area contributed by atoms with Crippen LogP contribution < -0.4 is 0 Å². The summed E-state index contributed by atoms with van der Waals surface area (Å²) < 4.78 is 7.11. The van der Waals surface area contributed by atoms with Crippen LogP contribution in [-0.2, 0) is 39.0 Å². The maximum Gasteiger partial charge on any atom is 0.244 e. The van der Waals surface area contributed by atoms with Crippen molar-refractivity contribution in [3.63, 3.8) is 0 Å². The first-order valence-electron chi connectivity index (χ1n) is 10.0. The first kappa shape index (κ1) is 20.6. The minimum absolute atomic E-state index is 0.0500. The van der Waals surface area contributed by atoms with E-state index in [0.717, 1.165) is 39.6 Å². The smallest absolute Gasteiger partial charge is 0.244 e. The number of amides is 1. The van der Waals surface area contributed by atoms with Gasteiger partial charge in [-0.15, -0.1) is 0 Å². The van der Waals surface area contributed by atoms with Crippen molar-refractivity contribution < 1.29 is 4.79 Å². The third-order valence-electron chi connectivity index (χ3n) is 5.68. The molecule has 0 bridgehead atoms. The molecule has 0 saturated heterocycles. The van der Waals surface area contributed by atoms with Crippen LogP contribution in [0.4, 0.5) is 0 Å². The summed E-state index contributed by atoms with van der Waals surface area (Å²) in [7, 11) is 7.44. The minimum atomic E-state index is -0.0500. The molecule has 0 fully saturated rings. The minimum Gasteiger partial charge on any atom is -0.338 e. The normalized spacial score (nSPS) is 11.3. The van der Waals surface area contributed by atoms with Crippen LogP contribution in [0.5, 0.6) is 0 Å². The monoisotopic (exact) mass is 421 g/mol.